The molecule has 5 nitrogen and oxygen atoms in total. The Labute approximate surface area is 154 Å². The van der Waals surface area contributed by atoms with E-state index < -0.39 is 5.97 Å². The van der Waals surface area contributed by atoms with Crippen molar-refractivity contribution in [2.24, 2.45) is 0 Å². The molecule has 4 aromatic rings. The van der Waals surface area contributed by atoms with Crippen molar-refractivity contribution < 1.29 is 9.90 Å². The number of aryl methyl sites for hydroxylation is 1. The number of aromatic nitrogens is 2. The van der Waals surface area contributed by atoms with E-state index in [4.69, 9.17) is 4.98 Å². The van der Waals surface area contributed by atoms with Gasteiger partial charge in [-0.3, -0.25) is 0 Å². The van der Waals surface area contributed by atoms with Crippen LogP contribution in [0.4, 0.5) is 11.5 Å². The smallest absolute Gasteiger partial charge is 0.335 e. The first-order valence-corrected chi connectivity index (χ1v) is 8.86. The molecule has 26 heavy (non-hydrogen) atoms. The summed E-state index contributed by atoms with van der Waals surface area (Å²) in [6.07, 6.45) is 0. The van der Waals surface area contributed by atoms with Gasteiger partial charge >= 0.3 is 5.97 Å². The van der Waals surface area contributed by atoms with Gasteiger partial charge in [-0.2, -0.15) is 0 Å². The highest BCUT2D eigenvalue weighted by Gasteiger charge is 2.13. The largest absolute Gasteiger partial charge is 0.478 e. The second-order valence-electron chi connectivity index (χ2n) is 5.85. The van der Waals surface area contributed by atoms with E-state index in [1.54, 1.807) is 29.5 Å². The zero-order chi connectivity index (χ0) is 18.1. The first-order valence-electron chi connectivity index (χ1n) is 8.04. The van der Waals surface area contributed by atoms with Crippen molar-refractivity contribution in [1.29, 1.82) is 0 Å². The molecule has 0 aliphatic heterocycles. The highest BCUT2D eigenvalue weighted by Crippen LogP contribution is 2.32. The van der Waals surface area contributed by atoms with Gasteiger partial charge in [0.1, 0.15) is 10.6 Å². The molecule has 2 aromatic heterocycles. The minimum Gasteiger partial charge on any atom is -0.478 e. The quantitative estimate of drug-likeness (QED) is 0.528. The van der Waals surface area contributed by atoms with Crippen molar-refractivity contribution in [1.82, 2.24) is 9.97 Å². The van der Waals surface area contributed by atoms with Gasteiger partial charge < -0.3 is 10.4 Å². The molecule has 0 unspecified atom stereocenters. The van der Waals surface area contributed by atoms with Crippen molar-refractivity contribution in [3.8, 4) is 11.4 Å². The van der Waals surface area contributed by atoms with E-state index in [1.807, 2.05) is 49.4 Å². The lowest BCUT2D eigenvalue weighted by molar-refractivity contribution is 0.0697. The number of anilines is 2. The molecule has 2 heterocycles. The SMILES string of the molecule is Cc1cc2c(Nc3cccc(C(=O)O)c3)nc(-c3ccccc3)nc2s1. The fraction of sp³-hybridized carbons (Fsp3) is 0.0500. The van der Waals surface area contributed by atoms with E-state index in [-0.39, 0.29) is 5.56 Å². The molecule has 0 fully saturated rings. The number of carboxylic acid groups (broad SMARTS) is 1. The van der Waals surface area contributed by atoms with E-state index >= 15 is 0 Å². The van der Waals surface area contributed by atoms with Crippen LogP contribution in [0.15, 0.2) is 60.7 Å². The predicted octanol–water partition coefficient (Wildman–Crippen LogP) is 5.11. The van der Waals surface area contributed by atoms with E-state index in [9.17, 15) is 9.90 Å². The van der Waals surface area contributed by atoms with Crippen LogP contribution >= 0.6 is 11.3 Å². The second-order valence-corrected chi connectivity index (χ2v) is 7.08. The molecule has 4 rings (SSSR count). The number of nitrogens with zero attached hydrogens (tertiary/aromatic N) is 2. The number of hydrogen-bond acceptors (Lipinski definition) is 5. The molecule has 0 atom stereocenters. The van der Waals surface area contributed by atoms with E-state index in [1.165, 1.54) is 0 Å². The molecule has 0 amide bonds. The van der Waals surface area contributed by atoms with Gasteiger partial charge in [0.05, 0.1) is 10.9 Å². The molecule has 0 bridgehead atoms. The van der Waals surface area contributed by atoms with Gasteiger partial charge in [-0.1, -0.05) is 36.4 Å². The fourth-order valence-corrected chi connectivity index (χ4v) is 3.60. The molecule has 2 N–H and O–H groups in total. The molecule has 128 valence electrons. The average molecular weight is 361 g/mol. The number of thiophene rings is 1. The fourth-order valence-electron chi connectivity index (χ4n) is 2.72. The topological polar surface area (TPSA) is 75.1 Å². The van der Waals surface area contributed by atoms with Gasteiger partial charge in [0.25, 0.3) is 0 Å². The number of rotatable bonds is 4. The Bertz CT molecular complexity index is 1110. The molecule has 0 saturated carbocycles. The first-order chi connectivity index (χ1) is 12.6. The summed E-state index contributed by atoms with van der Waals surface area (Å²) >= 11 is 1.61. The lowest BCUT2D eigenvalue weighted by Crippen LogP contribution is -2.00. The van der Waals surface area contributed by atoms with Crippen molar-refractivity contribution in [3.05, 3.63) is 71.1 Å². The van der Waals surface area contributed by atoms with Crippen molar-refractivity contribution in [2.45, 2.75) is 6.92 Å². The summed E-state index contributed by atoms with van der Waals surface area (Å²) in [5.74, 6) is 0.343. The molecular formula is C20H15N3O2S. The Morgan fingerprint density at radius 2 is 1.85 bits per heavy atom. The van der Waals surface area contributed by atoms with Crippen LogP contribution in [0.3, 0.4) is 0 Å². The van der Waals surface area contributed by atoms with Gasteiger partial charge in [0.15, 0.2) is 5.82 Å². The monoisotopic (exact) mass is 361 g/mol. The summed E-state index contributed by atoms with van der Waals surface area (Å²) in [5, 5.41) is 13.4. The Balaban J connectivity index is 1.83. The summed E-state index contributed by atoms with van der Waals surface area (Å²) in [6.45, 7) is 2.03. The van der Waals surface area contributed by atoms with Gasteiger partial charge in [0, 0.05) is 16.1 Å². The third-order valence-electron chi connectivity index (χ3n) is 3.92. The molecule has 2 aromatic carbocycles. The van der Waals surface area contributed by atoms with E-state index in [0.29, 0.717) is 17.3 Å². The standard InChI is InChI=1S/C20H15N3O2S/c1-12-10-16-18(21-15-9-5-8-14(11-15)20(24)25)22-17(23-19(16)26-12)13-6-3-2-4-7-13/h2-11H,1H3,(H,24,25)(H,21,22,23). The lowest BCUT2D eigenvalue weighted by Gasteiger charge is -2.09. The Morgan fingerprint density at radius 1 is 1.04 bits per heavy atom. The van der Waals surface area contributed by atoms with Crippen molar-refractivity contribution in [3.63, 3.8) is 0 Å². The number of hydrogen-bond donors (Lipinski definition) is 2. The van der Waals surface area contributed by atoms with Gasteiger partial charge in [-0.25, -0.2) is 14.8 Å². The van der Waals surface area contributed by atoms with E-state index in [2.05, 4.69) is 10.3 Å². The maximum Gasteiger partial charge on any atom is 0.335 e. The summed E-state index contributed by atoms with van der Waals surface area (Å²) < 4.78 is 0. The number of benzene rings is 2. The zero-order valence-electron chi connectivity index (χ0n) is 13.9. The van der Waals surface area contributed by atoms with Gasteiger partial charge in [-0.15, -0.1) is 11.3 Å². The lowest BCUT2D eigenvalue weighted by atomic mass is 10.2. The number of carbonyl (C=O) groups is 1. The van der Waals surface area contributed by atoms with Crippen LogP contribution < -0.4 is 5.32 Å². The van der Waals surface area contributed by atoms with Crippen LogP contribution in [0.1, 0.15) is 15.2 Å². The highest BCUT2D eigenvalue weighted by atomic mass is 32.1. The Hall–Kier alpha value is -3.25. The molecule has 6 heteroatoms. The normalized spacial score (nSPS) is 10.8. The van der Waals surface area contributed by atoms with Crippen LogP contribution in [0.5, 0.6) is 0 Å². The molecule has 0 saturated heterocycles. The minimum absolute atomic E-state index is 0.227. The number of carboxylic acids is 1. The Kier molecular flexibility index (Phi) is 4.10. The predicted molar refractivity (Wildman–Crippen MR) is 104 cm³/mol. The van der Waals surface area contributed by atoms with Crippen LogP contribution in [0.25, 0.3) is 21.6 Å². The summed E-state index contributed by atoms with van der Waals surface area (Å²) in [5.41, 5.74) is 1.83. The third kappa shape index (κ3) is 3.14. The molecule has 0 aliphatic carbocycles. The zero-order valence-corrected chi connectivity index (χ0v) is 14.7. The average Bonchev–Trinajstić information content (AvgIpc) is 3.03. The van der Waals surface area contributed by atoms with Gasteiger partial charge in [0.2, 0.25) is 0 Å². The molecule has 0 radical (unpaired) electrons. The van der Waals surface area contributed by atoms with Gasteiger partial charge in [-0.05, 0) is 31.2 Å². The summed E-state index contributed by atoms with van der Waals surface area (Å²) in [6, 6.07) is 18.5. The summed E-state index contributed by atoms with van der Waals surface area (Å²) in [4.78, 5) is 22.6. The van der Waals surface area contributed by atoms with E-state index in [0.717, 1.165) is 20.7 Å². The molecular weight excluding hydrogens is 346 g/mol. The molecule has 0 spiro atoms. The Morgan fingerprint density at radius 3 is 2.62 bits per heavy atom. The maximum atomic E-state index is 11.2. The third-order valence-corrected chi connectivity index (χ3v) is 4.86. The van der Waals surface area contributed by atoms with Crippen LogP contribution in [-0.4, -0.2) is 21.0 Å². The molecule has 0 aliphatic rings. The summed E-state index contributed by atoms with van der Waals surface area (Å²) in [7, 11) is 0. The van der Waals surface area contributed by atoms with Crippen LogP contribution in [0, 0.1) is 6.92 Å². The number of nitrogens with one attached hydrogen (secondary N) is 1. The highest BCUT2D eigenvalue weighted by molar-refractivity contribution is 7.18. The van der Waals surface area contributed by atoms with Crippen LogP contribution in [-0.2, 0) is 0 Å². The second kappa shape index (κ2) is 6.57. The van der Waals surface area contributed by atoms with Crippen molar-refractivity contribution >= 4 is 39.0 Å². The first kappa shape index (κ1) is 16.2. The number of aromatic carboxylic acids is 1. The van der Waals surface area contributed by atoms with Crippen molar-refractivity contribution in [2.75, 3.05) is 5.32 Å². The number of fused-ring (bicyclic) bond motifs is 1. The minimum atomic E-state index is -0.960. The maximum absolute atomic E-state index is 11.2. The van der Waals surface area contributed by atoms with Crippen LogP contribution in [0.2, 0.25) is 0 Å².